The number of rotatable bonds is 3. The van der Waals surface area contributed by atoms with Gasteiger partial charge in [-0.1, -0.05) is 13.8 Å². The number of alkyl halides is 3. The Morgan fingerprint density at radius 1 is 0.962 bits per heavy atom. The van der Waals surface area contributed by atoms with Gasteiger partial charge in [0.25, 0.3) is 0 Å². The van der Waals surface area contributed by atoms with Gasteiger partial charge in [0, 0.05) is 5.54 Å². The molecule has 2 unspecified atom stereocenters. The number of benzene rings is 1. The molecule has 4 aliphatic rings. The van der Waals surface area contributed by atoms with Crippen LogP contribution < -0.4 is 4.72 Å². The van der Waals surface area contributed by atoms with Crippen molar-refractivity contribution in [3.63, 3.8) is 0 Å². The minimum absolute atomic E-state index is 0.100. The zero-order valence-corrected chi connectivity index (χ0v) is 15.8. The summed E-state index contributed by atoms with van der Waals surface area (Å²) < 4.78 is 66.9. The van der Waals surface area contributed by atoms with Gasteiger partial charge in [-0.15, -0.1) is 0 Å². The largest absolute Gasteiger partial charge is 0.416 e. The molecule has 0 radical (unpaired) electrons. The maximum absolute atomic E-state index is 12.9. The van der Waals surface area contributed by atoms with E-state index in [1.807, 2.05) is 0 Å². The highest BCUT2D eigenvalue weighted by atomic mass is 32.2. The molecule has 4 saturated carbocycles. The summed E-state index contributed by atoms with van der Waals surface area (Å²) in [6, 6.07) is 3.76. The Bertz CT molecular complexity index is 813. The van der Waals surface area contributed by atoms with Crippen molar-refractivity contribution in [2.24, 2.45) is 16.7 Å². The molecule has 144 valence electrons. The molecule has 3 nitrogen and oxygen atoms in total. The first-order valence-electron chi connectivity index (χ1n) is 9.04. The first-order valence-corrected chi connectivity index (χ1v) is 10.5. The summed E-state index contributed by atoms with van der Waals surface area (Å²) in [5.74, 6) is 0.525. The fourth-order valence-electron chi connectivity index (χ4n) is 6.73. The second-order valence-electron chi connectivity index (χ2n) is 9.54. The summed E-state index contributed by atoms with van der Waals surface area (Å²) in [4.78, 5) is -0.100. The zero-order valence-electron chi connectivity index (χ0n) is 15.0. The molecule has 0 heterocycles. The van der Waals surface area contributed by atoms with Crippen LogP contribution in [0, 0.1) is 16.7 Å². The molecule has 4 aliphatic carbocycles. The van der Waals surface area contributed by atoms with Crippen LogP contribution in [-0.4, -0.2) is 14.0 Å². The highest BCUT2D eigenvalue weighted by molar-refractivity contribution is 7.89. The third-order valence-electron chi connectivity index (χ3n) is 6.47. The maximum atomic E-state index is 12.9. The maximum Gasteiger partial charge on any atom is 0.416 e. The molecule has 5 rings (SSSR count). The van der Waals surface area contributed by atoms with Crippen molar-refractivity contribution in [3.8, 4) is 0 Å². The smallest absolute Gasteiger partial charge is 0.207 e. The molecule has 4 atom stereocenters. The molecule has 0 spiro atoms. The minimum Gasteiger partial charge on any atom is -0.207 e. The van der Waals surface area contributed by atoms with E-state index in [-0.39, 0.29) is 15.7 Å². The Morgan fingerprint density at radius 3 is 1.96 bits per heavy atom. The van der Waals surface area contributed by atoms with E-state index in [2.05, 4.69) is 18.6 Å². The topological polar surface area (TPSA) is 46.2 Å². The Balaban J connectivity index is 1.62. The van der Waals surface area contributed by atoms with E-state index in [0.717, 1.165) is 62.8 Å². The van der Waals surface area contributed by atoms with Crippen LogP contribution in [-0.2, 0) is 16.2 Å². The molecule has 0 saturated heterocycles. The van der Waals surface area contributed by atoms with Gasteiger partial charge in [0.15, 0.2) is 0 Å². The van der Waals surface area contributed by atoms with E-state index in [4.69, 9.17) is 0 Å². The Labute approximate surface area is 152 Å². The number of hydrogen-bond acceptors (Lipinski definition) is 2. The molecule has 4 fully saturated rings. The van der Waals surface area contributed by atoms with Crippen LogP contribution in [0.25, 0.3) is 0 Å². The highest BCUT2D eigenvalue weighted by Gasteiger charge is 2.61. The average Bonchev–Trinajstić information content (AvgIpc) is 2.41. The second-order valence-corrected chi connectivity index (χ2v) is 11.2. The normalized spacial score (nSPS) is 39.3. The van der Waals surface area contributed by atoms with Crippen LogP contribution in [0.4, 0.5) is 13.2 Å². The SMILES string of the molecule is C[C@]12CC3CC(NS(=O)(=O)c4ccc(C(F)(F)F)cc4)(C1)C[C@@](C)(C3)C2. The molecule has 0 amide bonds. The fraction of sp³-hybridized carbons (Fsp3) is 0.684. The van der Waals surface area contributed by atoms with Gasteiger partial charge in [-0.05, 0) is 79.5 Å². The van der Waals surface area contributed by atoms with Gasteiger partial charge in [0.05, 0.1) is 10.5 Å². The van der Waals surface area contributed by atoms with E-state index in [1.54, 1.807) is 0 Å². The Morgan fingerprint density at radius 2 is 1.50 bits per heavy atom. The first kappa shape index (κ1) is 18.3. The zero-order chi connectivity index (χ0) is 19.0. The van der Waals surface area contributed by atoms with E-state index < -0.39 is 27.3 Å². The Kier molecular flexibility index (Phi) is 3.69. The van der Waals surface area contributed by atoms with Crippen molar-refractivity contribution >= 4 is 10.0 Å². The van der Waals surface area contributed by atoms with Crippen molar-refractivity contribution in [2.75, 3.05) is 0 Å². The number of sulfonamides is 1. The lowest BCUT2D eigenvalue weighted by molar-refractivity contribution is -0.137. The predicted octanol–water partition coefficient (Wildman–Crippen LogP) is 4.73. The molecule has 1 aromatic carbocycles. The highest BCUT2D eigenvalue weighted by Crippen LogP contribution is 2.66. The van der Waals surface area contributed by atoms with Crippen LogP contribution in [0.5, 0.6) is 0 Å². The quantitative estimate of drug-likeness (QED) is 0.815. The summed E-state index contributed by atoms with van der Waals surface area (Å²) in [5, 5.41) is 0. The summed E-state index contributed by atoms with van der Waals surface area (Å²) in [6.45, 7) is 4.49. The molecule has 4 bridgehead atoms. The van der Waals surface area contributed by atoms with E-state index in [1.165, 1.54) is 0 Å². The summed E-state index contributed by atoms with van der Waals surface area (Å²) in [6.07, 6.45) is 1.40. The summed E-state index contributed by atoms with van der Waals surface area (Å²) >= 11 is 0. The minimum atomic E-state index is -4.47. The molecule has 7 heteroatoms. The van der Waals surface area contributed by atoms with Gasteiger partial charge in [0.1, 0.15) is 0 Å². The van der Waals surface area contributed by atoms with E-state index in [9.17, 15) is 21.6 Å². The van der Waals surface area contributed by atoms with Crippen LogP contribution >= 0.6 is 0 Å². The van der Waals surface area contributed by atoms with Crippen molar-refractivity contribution in [1.29, 1.82) is 0 Å². The van der Waals surface area contributed by atoms with Gasteiger partial charge >= 0.3 is 6.18 Å². The van der Waals surface area contributed by atoms with E-state index >= 15 is 0 Å². The van der Waals surface area contributed by atoms with Crippen LogP contribution in [0.1, 0.15) is 57.9 Å². The van der Waals surface area contributed by atoms with Crippen LogP contribution in [0.3, 0.4) is 0 Å². The molecule has 0 aliphatic heterocycles. The molecule has 1 aromatic rings. The monoisotopic (exact) mass is 387 g/mol. The number of halogens is 3. The van der Waals surface area contributed by atoms with Gasteiger partial charge in [-0.2, -0.15) is 13.2 Å². The molecule has 0 aromatic heterocycles. The third-order valence-corrected chi connectivity index (χ3v) is 8.06. The van der Waals surface area contributed by atoms with Crippen LogP contribution in [0.2, 0.25) is 0 Å². The lowest BCUT2D eigenvalue weighted by Crippen LogP contribution is -2.65. The fourth-order valence-corrected chi connectivity index (χ4v) is 8.14. The average molecular weight is 387 g/mol. The molecular formula is C19H24F3NO2S. The van der Waals surface area contributed by atoms with Crippen molar-refractivity contribution < 1.29 is 21.6 Å². The first-order chi connectivity index (χ1) is 11.8. The van der Waals surface area contributed by atoms with Gasteiger partial charge in [-0.3, -0.25) is 0 Å². The van der Waals surface area contributed by atoms with Crippen molar-refractivity contribution in [3.05, 3.63) is 29.8 Å². The van der Waals surface area contributed by atoms with Gasteiger partial charge in [-0.25, -0.2) is 13.1 Å². The molecule has 1 N–H and O–H groups in total. The van der Waals surface area contributed by atoms with Gasteiger partial charge in [0.2, 0.25) is 10.0 Å². The Hall–Kier alpha value is -1.08. The van der Waals surface area contributed by atoms with Crippen LogP contribution in [0.15, 0.2) is 29.2 Å². The lowest BCUT2D eigenvalue weighted by Gasteiger charge is -2.65. The van der Waals surface area contributed by atoms with Crippen molar-refractivity contribution in [2.45, 2.75) is 69.0 Å². The summed E-state index contributed by atoms with van der Waals surface area (Å²) in [7, 11) is -3.86. The predicted molar refractivity (Wildman–Crippen MR) is 91.9 cm³/mol. The molecule has 26 heavy (non-hydrogen) atoms. The lowest BCUT2D eigenvalue weighted by atomic mass is 9.43. The second kappa shape index (κ2) is 5.25. The standard InChI is InChI=1S/C19H24F3NO2S/c1-16-7-13-8-17(2,10-16)12-18(9-13,11-16)23-26(24,25)15-5-3-14(4-6-15)19(20,21)22/h3-6,13,23H,7-12H2,1-2H3/t13?,16-,17+,18?. The van der Waals surface area contributed by atoms with Gasteiger partial charge < -0.3 is 0 Å². The molecular weight excluding hydrogens is 363 g/mol. The number of hydrogen-bond donors (Lipinski definition) is 1. The number of nitrogens with one attached hydrogen (secondary N) is 1. The third kappa shape index (κ3) is 3.07. The van der Waals surface area contributed by atoms with Crippen molar-refractivity contribution in [1.82, 2.24) is 4.72 Å². The summed E-state index contributed by atoms with van der Waals surface area (Å²) in [5.41, 5.74) is -1.01. The van der Waals surface area contributed by atoms with E-state index in [0.29, 0.717) is 5.92 Å².